The Labute approximate surface area is 133 Å². The summed E-state index contributed by atoms with van der Waals surface area (Å²) in [7, 11) is 1.53. The van der Waals surface area contributed by atoms with E-state index in [2.05, 4.69) is 10.6 Å². The summed E-state index contributed by atoms with van der Waals surface area (Å²) in [4.78, 5) is 23.1. The van der Waals surface area contributed by atoms with Gasteiger partial charge in [-0.25, -0.2) is 0 Å². The lowest BCUT2D eigenvalue weighted by atomic mass is 10.2. The number of hydrogen-bond donors (Lipinski definition) is 2. The highest BCUT2D eigenvalue weighted by Gasteiger charge is 2.11. The molecule has 0 aliphatic rings. The maximum absolute atomic E-state index is 12.2. The molecular formula is C16H15ClN2O3. The number of benzene rings is 2. The van der Waals surface area contributed by atoms with Crippen molar-refractivity contribution in [3.8, 4) is 5.75 Å². The van der Waals surface area contributed by atoms with E-state index in [-0.39, 0.29) is 11.8 Å². The maximum Gasteiger partial charge on any atom is 0.257 e. The molecule has 0 unspecified atom stereocenters. The van der Waals surface area contributed by atoms with Crippen molar-refractivity contribution >= 4 is 34.8 Å². The van der Waals surface area contributed by atoms with Crippen LogP contribution >= 0.6 is 11.6 Å². The predicted octanol–water partition coefficient (Wildman–Crippen LogP) is 3.56. The normalized spacial score (nSPS) is 9.95. The zero-order valence-electron chi connectivity index (χ0n) is 12.1. The van der Waals surface area contributed by atoms with Gasteiger partial charge in [0, 0.05) is 18.3 Å². The Morgan fingerprint density at radius 2 is 1.59 bits per heavy atom. The Morgan fingerprint density at radius 1 is 1.00 bits per heavy atom. The molecule has 22 heavy (non-hydrogen) atoms. The SMILES string of the molecule is COc1ccc(C(=O)Nc2ccc(NC(C)=O)cc2)c(Cl)c1. The van der Waals surface area contributed by atoms with Gasteiger partial charge in [0.1, 0.15) is 5.75 Å². The second-order valence-electron chi connectivity index (χ2n) is 4.56. The summed E-state index contributed by atoms with van der Waals surface area (Å²) >= 11 is 6.06. The molecule has 2 rings (SSSR count). The number of carbonyl (C=O) groups is 2. The van der Waals surface area contributed by atoms with E-state index >= 15 is 0 Å². The van der Waals surface area contributed by atoms with Crippen LogP contribution in [-0.4, -0.2) is 18.9 Å². The van der Waals surface area contributed by atoms with Gasteiger partial charge in [-0.2, -0.15) is 0 Å². The van der Waals surface area contributed by atoms with Gasteiger partial charge in [-0.3, -0.25) is 9.59 Å². The van der Waals surface area contributed by atoms with E-state index in [1.54, 1.807) is 42.5 Å². The van der Waals surface area contributed by atoms with Gasteiger partial charge in [-0.15, -0.1) is 0 Å². The number of hydrogen-bond acceptors (Lipinski definition) is 3. The molecule has 0 saturated heterocycles. The van der Waals surface area contributed by atoms with Crippen LogP contribution in [0, 0.1) is 0 Å². The molecule has 0 spiro atoms. The standard InChI is InChI=1S/C16H15ClN2O3/c1-10(20)18-11-3-5-12(6-4-11)19-16(21)14-8-7-13(22-2)9-15(14)17/h3-9H,1-2H3,(H,18,20)(H,19,21). The Balaban J connectivity index is 2.10. The molecule has 0 atom stereocenters. The lowest BCUT2D eigenvalue weighted by Crippen LogP contribution is -2.12. The van der Waals surface area contributed by atoms with Crippen LogP contribution in [0.15, 0.2) is 42.5 Å². The maximum atomic E-state index is 12.2. The van der Waals surface area contributed by atoms with Crippen molar-refractivity contribution < 1.29 is 14.3 Å². The molecule has 2 N–H and O–H groups in total. The summed E-state index contributed by atoms with van der Waals surface area (Å²) in [5.74, 6) is 0.114. The minimum absolute atomic E-state index is 0.151. The first-order valence-corrected chi connectivity index (χ1v) is 6.90. The Bertz CT molecular complexity index is 699. The molecule has 0 aromatic heterocycles. The topological polar surface area (TPSA) is 67.4 Å². The molecule has 0 aliphatic heterocycles. The molecule has 0 fully saturated rings. The molecule has 0 heterocycles. The summed E-state index contributed by atoms with van der Waals surface area (Å²) in [5, 5.41) is 5.70. The van der Waals surface area contributed by atoms with Crippen molar-refractivity contribution in [3.63, 3.8) is 0 Å². The number of ether oxygens (including phenoxy) is 1. The van der Waals surface area contributed by atoms with Crippen LogP contribution in [0.2, 0.25) is 5.02 Å². The van der Waals surface area contributed by atoms with E-state index in [1.807, 2.05) is 0 Å². The van der Waals surface area contributed by atoms with Crippen molar-refractivity contribution in [3.05, 3.63) is 53.1 Å². The molecular weight excluding hydrogens is 304 g/mol. The summed E-state index contributed by atoms with van der Waals surface area (Å²) in [6.07, 6.45) is 0. The van der Waals surface area contributed by atoms with Gasteiger partial charge in [0.15, 0.2) is 0 Å². The quantitative estimate of drug-likeness (QED) is 0.905. The average Bonchev–Trinajstić information content (AvgIpc) is 2.48. The first kappa shape index (κ1) is 15.9. The third-order valence-corrected chi connectivity index (χ3v) is 3.20. The van der Waals surface area contributed by atoms with E-state index in [0.29, 0.717) is 27.7 Å². The third-order valence-electron chi connectivity index (χ3n) is 2.88. The Kier molecular flexibility index (Phi) is 5.01. The molecule has 114 valence electrons. The molecule has 0 aliphatic carbocycles. The average molecular weight is 319 g/mol. The molecule has 0 saturated carbocycles. The van der Waals surface area contributed by atoms with Gasteiger partial charge >= 0.3 is 0 Å². The zero-order chi connectivity index (χ0) is 16.1. The zero-order valence-corrected chi connectivity index (χ0v) is 12.9. The summed E-state index contributed by atoms with van der Waals surface area (Å²) in [6, 6.07) is 11.6. The van der Waals surface area contributed by atoms with Crippen molar-refractivity contribution in [2.75, 3.05) is 17.7 Å². The Hall–Kier alpha value is -2.53. The fraction of sp³-hybridized carbons (Fsp3) is 0.125. The lowest BCUT2D eigenvalue weighted by Gasteiger charge is -2.09. The van der Waals surface area contributed by atoms with Crippen LogP contribution in [0.3, 0.4) is 0 Å². The molecule has 2 aromatic rings. The highest BCUT2D eigenvalue weighted by molar-refractivity contribution is 6.34. The van der Waals surface area contributed by atoms with Crippen LogP contribution in [0.5, 0.6) is 5.75 Å². The fourth-order valence-corrected chi connectivity index (χ4v) is 2.10. The van der Waals surface area contributed by atoms with E-state index in [4.69, 9.17) is 16.3 Å². The first-order valence-electron chi connectivity index (χ1n) is 6.52. The highest BCUT2D eigenvalue weighted by atomic mass is 35.5. The first-order chi connectivity index (χ1) is 10.5. The Morgan fingerprint density at radius 3 is 2.09 bits per heavy atom. The number of carbonyl (C=O) groups excluding carboxylic acids is 2. The number of anilines is 2. The van der Waals surface area contributed by atoms with E-state index < -0.39 is 0 Å². The number of rotatable bonds is 4. The van der Waals surface area contributed by atoms with Gasteiger partial charge in [-0.05, 0) is 42.5 Å². The van der Waals surface area contributed by atoms with Gasteiger partial charge in [0.2, 0.25) is 5.91 Å². The van der Waals surface area contributed by atoms with Crippen LogP contribution in [0.25, 0.3) is 0 Å². The fourth-order valence-electron chi connectivity index (χ4n) is 1.85. The molecule has 2 amide bonds. The van der Waals surface area contributed by atoms with Crippen LogP contribution in [-0.2, 0) is 4.79 Å². The molecule has 2 aromatic carbocycles. The van der Waals surface area contributed by atoms with Crippen LogP contribution in [0.1, 0.15) is 17.3 Å². The van der Waals surface area contributed by atoms with Crippen molar-refractivity contribution in [2.45, 2.75) is 6.92 Å². The number of nitrogens with one attached hydrogen (secondary N) is 2. The second-order valence-corrected chi connectivity index (χ2v) is 4.97. The van der Waals surface area contributed by atoms with Gasteiger partial charge in [0.25, 0.3) is 5.91 Å². The minimum Gasteiger partial charge on any atom is -0.497 e. The van der Waals surface area contributed by atoms with Gasteiger partial charge in [0.05, 0.1) is 17.7 Å². The van der Waals surface area contributed by atoms with E-state index in [1.165, 1.54) is 14.0 Å². The van der Waals surface area contributed by atoms with Crippen LogP contribution in [0.4, 0.5) is 11.4 Å². The summed E-state index contributed by atoms with van der Waals surface area (Å²) in [6.45, 7) is 1.43. The summed E-state index contributed by atoms with van der Waals surface area (Å²) in [5.41, 5.74) is 1.62. The predicted molar refractivity (Wildman–Crippen MR) is 86.7 cm³/mol. The smallest absolute Gasteiger partial charge is 0.257 e. The van der Waals surface area contributed by atoms with E-state index in [0.717, 1.165) is 0 Å². The molecule has 5 nitrogen and oxygen atoms in total. The van der Waals surface area contributed by atoms with Crippen molar-refractivity contribution in [2.24, 2.45) is 0 Å². The lowest BCUT2D eigenvalue weighted by molar-refractivity contribution is -0.114. The number of amides is 2. The van der Waals surface area contributed by atoms with E-state index in [9.17, 15) is 9.59 Å². The van der Waals surface area contributed by atoms with Crippen molar-refractivity contribution in [1.29, 1.82) is 0 Å². The highest BCUT2D eigenvalue weighted by Crippen LogP contribution is 2.23. The monoisotopic (exact) mass is 318 g/mol. The number of methoxy groups -OCH3 is 1. The second kappa shape index (κ2) is 6.95. The third kappa shape index (κ3) is 3.99. The molecule has 0 bridgehead atoms. The van der Waals surface area contributed by atoms with Gasteiger partial charge in [-0.1, -0.05) is 11.6 Å². The van der Waals surface area contributed by atoms with Crippen molar-refractivity contribution in [1.82, 2.24) is 0 Å². The molecule has 6 heteroatoms. The number of halogens is 1. The van der Waals surface area contributed by atoms with Crippen LogP contribution < -0.4 is 15.4 Å². The molecule has 0 radical (unpaired) electrons. The van der Waals surface area contributed by atoms with Gasteiger partial charge < -0.3 is 15.4 Å². The largest absolute Gasteiger partial charge is 0.497 e. The minimum atomic E-state index is -0.320. The summed E-state index contributed by atoms with van der Waals surface area (Å²) < 4.78 is 5.04.